The molecule has 9 heteroatoms. The van der Waals surface area contributed by atoms with Crippen molar-refractivity contribution in [1.82, 2.24) is 10.6 Å². The number of amides is 4. The maximum absolute atomic E-state index is 11.9. The Morgan fingerprint density at radius 1 is 1.11 bits per heavy atom. The van der Waals surface area contributed by atoms with Gasteiger partial charge in [-0.15, -0.1) is 0 Å². The summed E-state index contributed by atoms with van der Waals surface area (Å²) in [5.74, 6) is -0.732. The van der Waals surface area contributed by atoms with Gasteiger partial charge >= 0.3 is 6.03 Å². The van der Waals surface area contributed by atoms with Crippen LogP contribution in [0.15, 0.2) is 24.3 Å². The molecule has 1 aromatic carbocycles. The number of anilines is 2. The maximum atomic E-state index is 11.9. The van der Waals surface area contributed by atoms with Crippen molar-refractivity contribution >= 4 is 29.2 Å². The van der Waals surface area contributed by atoms with Gasteiger partial charge in [-0.1, -0.05) is 13.8 Å². The molecule has 1 aromatic rings. The van der Waals surface area contributed by atoms with Gasteiger partial charge in [0.2, 0.25) is 11.8 Å². The first kappa shape index (κ1) is 21.6. The Morgan fingerprint density at radius 3 is 2.32 bits per heavy atom. The number of nitrogens with two attached hydrogens (primary N) is 1. The van der Waals surface area contributed by atoms with Gasteiger partial charge < -0.3 is 31.7 Å². The van der Waals surface area contributed by atoms with E-state index in [0.717, 1.165) is 19.4 Å². The number of ether oxygens (including phenoxy) is 1. The van der Waals surface area contributed by atoms with E-state index in [4.69, 9.17) is 10.5 Å². The number of hydrogen-bond donors (Lipinski definition) is 5. The van der Waals surface area contributed by atoms with Crippen molar-refractivity contribution < 1.29 is 19.1 Å². The molecular formula is C19H29N5O4. The number of benzene rings is 1. The quantitative estimate of drug-likeness (QED) is 0.451. The lowest BCUT2D eigenvalue weighted by Crippen LogP contribution is -2.46. The van der Waals surface area contributed by atoms with Crippen LogP contribution in [0.5, 0.6) is 0 Å². The molecule has 1 aliphatic heterocycles. The summed E-state index contributed by atoms with van der Waals surface area (Å²) in [5.41, 5.74) is 6.87. The highest BCUT2D eigenvalue weighted by Crippen LogP contribution is 2.14. The molecule has 0 aromatic heterocycles. The Hall–Kier alpha value is -2.65. The van der Waals surface area contributed by atoms with E-state index in [-0.39, 0.29) is 36.4 Å². The molecule has 6 N–H and O–H groups in total. The second kappa shape index (κ2) is 10.6. The first-order chi connectivity index (χ1) is 13.3. The fourth-order valence-electron chi connectivity index (χ4n) is 2.62. The van der Waals surface area contributed by atoms with E-state index in [9.17, 15) is 14.4 Å². The molecule has 0 bridgehead atoms. The second-order valence-corrected chi connectivity index (χ2v) is 7.08. The summed E-state index contributed by atoms with van der Waals surface area (Å²) in [6.07, 6.45) is 2.06. The minimum atomic E-state index is -0.649. The van der Waals surface area contributed by atoms with Gasteiger partial charge in [0, 0.05) is 24.5 Å². The lowest BCUT2D eigenvalue weighted by molar-refractivity contribution is -0.125. The van der Waals surface area contributed by atoms with Gasteiger partial charge in [0.15, 0.2) is 0 Å². The molecular weight excluding hydrogens is 362 g/mol. The maximum Gasteiger partial charge on any atom is 0.319 e. The summed E-state index contributed by atoms with van der Waals surface area (Å²) in [5, 5.41) is 10.7. The van der Waals surface area contributed by atoms with Gasteiger partial charge in [-0.05, 0) is 43.0 Å². The minimum absolute atomic E-state index is 0.00834. The average Bonchev–Trinajstić information content (AvgIpc) is 3.19. The Balaban J connectivity index is 1.71. The number of rotatable bonds is 8. The summed E-state index contributed by atoms with van der Waals surface area (Å²) in [6.45, 7) is 4.73. The third-order valence-electron chi connectivity index (χ3n) is 4.38. The molecule has 0 aliphatic carbocycles. The molecule has 9 nitrogen and oxygen atoms in total. The zero-order valence-electron chi connectivity index (χ0n) is 16.3. The van der Waals surface area contributed by atoms with E-state index >= 15 is 0 Å². The van der Waals surface area contributed by atoms with Crippen molar-refractivity contribution in [2.45, 2.75) is 38.8 Å². The molecule has 1 saturated heterocycles. The van der Waals surface area contributed by atoms with Crippen LogP contribution in [-0.4, -0.2) is 49.7 Å². The molecule has 1 fully saturated rings. The molecule has 0 saturated carbocycles. The van der Waals surface area contributed by atoms with E-state index in [0.29, 0.717) is 17.9 Å². The molecule has 28 heavy (non-hydrogen) atoms. The zero-order valence-corrected chi connectivity index (χ0v) is 16.3. The summed E-state index contributed by atoms with van der Waals surface area (Å²) in [6, 6.07) is 5.72. The molecule has 2 atom stereocenters. The first-order valence-corrected chi connectivity index (χ1v) is 9.45. The Kier molecular flexibility index (Phi) is 8.21. The number of nitrogens with one attached hydrogen (secondary N) is 4. The second-order valence-electron chi connectivity index (χ2n) is 7.08. The van der Waals surface area contributed by atoms with Crippen LogP contribution in [0.3, 0.4) is 0 Å². The number of carbonyl (C=O) groups excluding carboxylic acids is 3. The van der Waals surface area contributed by atoms with Crippen molar-refractivity contribution in [3.8, 4) is 0 Å². The van der Waals surface area contributed by atoms with Crippen molar-refractivity contribution in [1.29, 1.82) is 0 Å². The summed E-state index contributed by atoms with van der Waals surface area (Å²) in [7, 11) is 0. The standard InChI is InChI=1S/C19H29N5O4/c1-12(2)17(20)18(26)21-11-16(25)23-13-5-7-14(8-6-13)24-19(27)22-10-15-4-3-9-28-15/h5-8,12,15,17H,3-4,9-11,20H2,1-2H3,(H,21,26)(H,23,25)(H2,22,24,27)/t15?,17-/m0/s1. The predicted molar refractivity (Wildman–Crippen MR) is 107 cm³/mol. The topological polar surface area (TPSA) is 135 Å². The van der Waals surface area contributed by atoms with Gasteiger partial charge in [0.1, 0.15) is 0 Å². The molecule has 1 heterocycles. The third kappa shape index (κ3) is 7.16. The number of carbonyl (C=O) groups is 3. The minimum Gasteiger partial charge on any atom is -0.376 e. The fraction of sp³-hybridized carbons (Fsp3) is 0.526. The van der Waals surface area contributed by atoms with Gasteiger partial charge in [-0.25, -0.2) is 4.79 Å². The zero-order chi connectivity index (χ0) is 20.5. The molecule has 4 amide bonds. The Bertz CT molecular complexity index is 671. The van der Waals surface area contributed by atoms with Crippen molar-refractivity contribution in [2.24, 2.45) is 11.7 Å². The Morgan fingerprint density at radius 2 is 1.75 bits per heavy atom. The fourth-order valence-corrected chi connectivity index (χ4v) is 2.62. The van der Waals surface area contributed by atoms with Gasteiger partial charge in [-0.2, -0.15) is 0 Å². The van der Waals surface area contributed by atoms with Crippen LogP contribution in [-0.2, 0) is 14.3 Å². The highest BCUT2D eigenvalue weighted by Gasteiger charge is 2.18. The van der Waals surface area contributed by atoms with Crippen LogP contribution < -0.4 is 27.0 Å². The van der Waals surface area contributed by atoms with Crippen LogP contribution in [0, 0.1) is 5.92 Å². The SMILES string of the molecule is CC(C)[C@H](N)C(=O)NCC(=O)Nc1ccc(NC(=O)NCC2CCCO2)cc1. The predicted octanol–water partition coefficient (Wildman–Crippen LogP) is 1.03. The molecule has 154 valence electrons. The van der Waals surface area contributed by atoms with E-state index in [1.807, 2.05) is 13.8 Å². The van der Waals surface area contributed by atoms with Crippen LogP contribution in [0.4, 0.5) is 16.2 Å². The third-order valence-corrected chi connectivity index (χ3v) is 4.38. The van der Waals surface area contributed by atoms with Gasteiger partial charge in [0.05, 0.1) is 18.7 Å². The molecule has 1 aliphatic rings. The highest BCUT2D eigenvalue weighted by atomic mass is 16.5. The summed E-state index contributed by atoms with van der Waals surface area (Å²) >= 11 is 0. The van der Waals surface area contributed by atoms with Crippen molar-refractivity contribution in [2.75, 3.05) is 30.3 Å². The molecule has 2 rings (SSSR count). The van der Waals surface area contributed by atoms with Crippen LogP contribution in [0.2, 0.25) is 0 Å². The molecule has 1 unspecified atom stereocenters. The summed E-state index contributed by atoms with van der Waals surface area (Å²) < 4.78 is 5.45. The van der Waals surface area contributed by atoms with Crippen LogP contribution >= 0.6 is 0 Å². The largest absolute Gasteiger partial charge is 0.376 e. The van der Waals surface area contributed by atoms with E-state index < -0.39 is 6.04 Å². The summed E-state index contributed by atoms with van der Waals surface area (Å²) in [4.78, 5) is 35.6. The lowest BCUT2D eigenvalue weighted by Gasteiger charge is -2.15. The van der Waals surface area contributed by atoms with Crippen LogP contribution in [0.1, 0.15) is 26.7 Å². The smallest absolute Gasteiger partial charge is 0.319 e. The van der Waals surface area contributed by atoms with Gasteiger partial charge in [-0.3, -0.25) is 9.59 Å². The highest BCUT2D eigenvalue weighted by molar-refractivity contribution is 5.95. The lowest BCUT2D eigenvalue weighted by atomic mass is 10.1. The van der Waals surface area contributed by atoms with Crippen molar-refractivity contribution in [3.05, 3.63) is 24.3 Å². The van der Waals surface area contributed by atoms with E-state index in [1.54, 1.807) is 24.3 Å². The van der Waals surface area contributed by atoms with Crippen molar-refractivity contribution in [3.63, 3.8) is 0 Å². The van der Waals surface area contributed by atoms with E-state index in [1.165, 1.54) is 0 Å². The van der Waals surface area contributed by atoms with Crippen LogP contribution in [0.25, 0.3) is 0 Å². The number of urea groups is 1. The normalized spacial score (nSPS) is 17.1. The van der Waals surface area contributed by atoms with Gasteiger partial charge in [0.25, 0.3) is 0 Å². The average molecular weight is 391 g/mol. The molecule has 0 radical (unpaired) electrons. The number of hydrogen-bond acceptors (Lipinski definition) is 5. The first-order valence-electron chi connectivity index (χ1n) is 9.45. The van der Waals surface area contributed by atoms with E-state index in [2.05, 4.69) is 21.3 Å². The Labute approximate surface area is 164 Å². The molecule has 0 spiro atoms. The monoisotopic (exact) mass is 391 g/mol.